The topological polar surface area (TPSA) is 49.3 Å². The maximum atomic E-state index is 11.8. The molecule has 18 heavy (non-hydrogen) atoms. The minimum Gasteiger partial charge on any atom is -0.479 e. The standard InChI is InChI=1S/C15H21NO2/c1-11-7-4-5-8-12(11)16-15(13(17)18)10-6-9-14(15,2)3/h4-5,7-8,16H,6,9-10H2,1-3H3,(H,17,18). The molecule has 0 aliphatic heterocycles. The molecule has 2 rings (SSSR count). The van der Waals surface area contributed by atoms with Gasteiger partial charge in [-0.25, -0.2) is 4.79 Å². The van der Waals surface area contributed by atoms with Crippen molar-refractivity contribution in [1.82, 2.24) is 0 Å². The zero-order valence-electron chi connectivity index (χ0n) is 11.3. The third-order valence-corrected chi connectivity index (χ3v) is 4.37. The third-order valence-electron chi connectivity index (χ3n) is 4.37. The van der Waals surface area contributed by atoms with E-state index in [0.29, 0.717) is 6.42 Å². The number of nitrogens with one attached hydrogen (secondary N) is 1. The van der Waals surface area contributed by atoms with Crippen LogP contribution in [-0.2, 0) is 4.79 Å². The van der Waals surface area contributed by atoms with Gasteiger partial charge in [0.25, 0.3) is 0 Å². The summed E-state index contributed by atoms with van der Waals surface area (Å²) in [5, 5.41) is 13.0. The molecule has 1 aliphatic rings. The summed E-state index contributed by atoms with van der Waals surface area (Å²) in [6, 6.07) is 7.86. The summed E-state index contributed by atoms with van der Waals surface area (Å²) in [5.41, 5.74) is 0.927. The van der Waals surface area contributed by atoms with Crippen molar-refractivity contribution in [3.63, 3.8) is 0 Å². The molecule has 1 fully saturated rings. The van der Waals surface area contributed by atoms with Gasteiger partial charge >= 0.3 is 5.97 Å². The van der Waals surface area contributed by atoms with Gasteiger partial charge in [-0.2, -0.15) is 0 Å². The normalized spacial score (nSPS) is 25.9. The number of anilines is 1. The molecule has 0 aromatic heterocycles. The molecule has 0 radical (unpaired) electrons. The molecule has 0 saturated heterocycles. The Morgan fingerprint density at radius 1 is 1.28 bits per heavy atom. The number of rotatable bonds is 3. The molecule has 1 saturated carbocycles. The highest BCUT2D eigenvalue weighted by atomic mass is 16.4. The predicted molar refractivity (Wildman–Crippen MR) is 72.8 cm³/mol. The summed E-state index contributed by atoms with van der Waals surface area (Å²) in [6.07, 6.45) is 2.58. The van der Waals surface area contributed by atoms with Crippen LogP contribution < -0.4 is 5.32 Å². The number of benzene rings is 1. The minimum absolute atomic E-state index is 0.235. The van der Waals surface area contributed by atoms with E-state index in [1.54, 1.807) is 0 Å². The lowest BCUT2D eigenvalue weighted by molar-refractivity contribution is -0.145. The lowest BCUT2D eigenvalue weighted by atomic mass is 9.74. The fraction of sp³-hybridized carbons (Fsp3) is 0.533. The smallest absolute Gasteiger partial charge is 0.329 e. The molecule has 3 heteroatoms. The summed E-state index contributed by atoms with van der Waals surface area (Å²) >= 11 is 0. The molecule has 0 spiro atoms. The number of aryl methyl sites for hydroxylation is 1. The van der Waals surface area contributed by atoms with Crippen molar-refractivity contribution in [2.45, 2.75) is 45.6 Å². The maximum absolute atomic E-state index is 11.8. The van der Waals surface area contributed by atoms with E-state index in [9.17, 15) is 9.90 Å². The zero-order valence-corrected chi connectivity index (χ0v) is 11.3. The molecule has 98 valence electrons. The Balaban J connectivity index is 2.40. The quantitative estimate of drug-likeness (QED) is 0.860. The number of carboxylic acids is 1. The molecular formula is C15H21NO2. The van der Waals surface area contributed by atoms with Crippen LogP contribution in [0.25, 0.3) is 0 Å². The van der Waals surface area contributed by atoms with E-state index in [2.05, 4.69) is 5.32 Å². The van der Waals surface area contributed by atoms with Crippen LogP contribution in [0.2, 0.25) is 0 Å². The number of aliphatic carboxylic acids is 1. The number of para-hydroxylation sites is 1. The van der Waals surface area contributed by atoms with Gasteiger partial charge < -0.3 is 10.4 Å². The van der Waals surface area contributed by atoms with E-state index < -0.39 is 11.5 Å². The molecule has 0 bridgehead atoms. The van der Waals surface area contributed by atoms with Gasteiger partial charge in [0.15, 0.2) is 0 Å². The fourth-order valence-corrected chi connectivity index (χ4v) is 2.97. The fourth-order valence-electron chi connectivity index (χ4n) is 2.97. The van der Waals surface area contributed by atoms with Crippen LogP contribution in [-0.4, -0.2) is 16.6 Å². The van der Waals surface area contributed by atoms with Crippen molar-refractivity contribution in [3.05, 3.63) is 29.8 Å². The second kappa shape index (κ2) is 4.30. The Kier molecular flexibility index (Phi) is 3.09. The first-order valence-electron chi connectivity index (χ1n) is 6.46. The predicted octanol–water partition coefficient (Wildman–Crippen LogP) is 3.44. The zero-order chi connectivity index (χ0) is 13.4. The van der Waals surface area contributed by atoms with Crippen molar-refractivity contribution in [2.75, 3.05) is 5.32 Å². The molecule has 0 heterocycles. The lowest BCUT2D eigenvalue weighted by Gasteiger charge is -2.39. The van der Waals surface area contributed by atoms with Gasteiger partial charge in [0, 0.05) is 5.69 Å². The first-order valence-corrected chi connectivity index (χ1v) is 6.46. The van der Waals surface area contributed by atoms with Gasteiger partial charge in [0.2, 0.25) is 0 Å². The largest absolute Gasteiger partial charge is 0.479 e. The van der Waals surface area contributed by atoms with Crippen LogP contribution in [0.5, 0.6) is 0 Å². The van der Waals surface area contributed by atoms with Gasteiger partial charge in [0.1, 0.15) is 5.54 Å². The molecule has 1 unspecified atom stereocenters. The van der Waals surface area contributed by atoms with Gasteiger partial charge in [-0.3, -0.25) is 0 Å². The number of hydrogen-bond donors (Lipinski definition) is 2. The van der Waals surface area contributed by atoms with Crippen LogP contribution in [0, 0.1) is 12.3 Å². The Labute approximate surface area is 108 Å². The summed E-state index contributed by atoms with van der Waals surface area (Å²) in [6.45, 7) is 6.08. The molecular weight excluding hydrogens is 226 g/mol. The van der Waals surface area contributed by atoms with Crippen LogP contribution in [0.4, 0.5) is 5.69 Å². The molecule has 1 atom stereocenters. The first kappa shape index (κ1) is 12.9. The number of hydrogen-bond acceptors (Lipinski definition) is 2. The van der Waals surface area contributed by atoms with Crippen molar-refractivity contribution in [3.8, 4) is 0 Å². The van der Waals surface area contributed by atoms with Crippen molar-refractivity contribution >= 4 is 11.7 Å². The Bertz CT molecular complexity index is 467. The molecule has 3 nitrogen and oxygen atoms in total. The summed E-state index contributed by atoms with van der Waals surface area (Å²) in [7, 11) is 0. The molecule has 1 aliphatic carbocycles. The van der Waals surface area contributed by atoms with Gasteiger partial charge in [-0.1, -0.05) is 32.0 Å². The van der Waals surface area contributed by atoms with E-state index in [0.717, 1.165) is 24.1 Å². The summed E-state index contributed by atoms with van der Waals surface area (Å²) in [5.74, 6) is -0.742. The van der Waals surface area contributed by atoms with Crippen molar-refractivity contribution in [1.29, 1.82) is 0 Å². The van der Waals surface area contributed by atoms with Crippen LogP contribution in [0.1, 0.15) is 38.7 Å². The average Bonchev–Trinajstić information content (AvgIpc) is 2.58. The molecule has 1 aromatic carbocycles. The van der Waals surface area contributed by atoms with Crippen LogP contribution in [0.15, 0.2) is 24.3 Å². The van der Waals surface area contributed by atoms with E-state index in [1.807, 2.05) is 45.0 Å². The van der Waals surface area contributed by atoms with Crippen molar-refractivity contribution < 1.29 is 9.90 Å². The van der Waals surface area contributed by atoms with Gasteiger partial charge in [-0.05, 0) is 43.2 Å². The van der Waals surface area contributed by atoms with E-state index in [-0.39, 0.29) is 5.41 Å². The summed E-state index contributed by atoms with van der Waals surface area (Å²) < 4.78 is 0. The first-order chi connectivity index (χ1) is 8.39. The number of carbonyl (C=O) groups is 1. The SMILES string of the molecule is Cc1ccccc1NC1(C(=O)O)CCCC1(C)C. The maximum Gasteiger partial charge on any atom is 0.329 e. The summed E-state index contributed by atoms with van der Waals surface area (Å²) in [4.78, 5) is 11.8. The monoisotopic (exact) mass is 247 g/mol. The van der Waals surface area contributed by atoms with E-state index >= 15 is 0 Å². The van der Waals surface area contributed by atoms with Gasteiger partial charge in [0.05, 0.1) is 0 Å². The minimum atomic E-state index is -0.848. The molecule has 1 aromatic rings. The highest BCUT2D eigenvalue weighted by Gasteiger charge is 2.54. The lowest BCUT2D eigenvalue weighted by Crippen LogP contribution is -2.54. The van der Waals surface area contributed by atoms with Crippen LogP contribution >= 0.6 is 0 Å². The highest BCUT2D eigenvalue weighted by Crippen LogP contribution is 2.48. The molecule has 0 amide bonds. The highest BCUT2D eigenvalue weighted by molar-refractivity contribution is 5.85. The Morgan fingerprint density at radius 3 is 2.44 bits per heavy atom. The van der Waals surface area contributed by atoms with E-state index in [1.165, 1.54) is 0 Å². The average molecular weight is 247 g/mol. The van der Waals surface area contributed by atoms with E-state index in [4.69, 9.17) is 0 Å². The second-order valence-electron chi connectivity index (χ2n) is 5.89. The Morgan fingerprint density at radius 2 is 1.94 bits per heavy atom. The Hall–Kier alpha value is -1.51. The van der Waals surface area contributed by atoms with Crippen LogP contribution in [0.3, 0.4) is 0 Å². The number of carboxylic acid groups (broad SMARTS) is 1. The second-order valence-corrected chi connectivity index (χ2v) is 5.89. The van der Waals surface area contributed by atoms with Gasteiger partial charge in [-0.15, -0.1) is 0 Å². The van der Waals surface area contributed by atoms with Crippen molar-refractivity contribution in [2.24, 2.45) is 5.41 Å². The molecule has 2 N–H and O–H groups in total. The third kappa shape index (κ3) is 1.88.